The van der Waals surface area contributed by atoms with Gasteiger partial charge in [-0.15, -0.1) is 6.58 Å². The summed E-state index contributed by atoms with van der Waals surface area (Å²) in [5.41, 5.74) is 0. The summed E-state index contributed by atoms with van der Waals surface area (Å²) in [6, 6.07) is 0. The zero-order valence-electron chi connectivity index (χ0n) is 18.0. The summed E-state index contributed by atoms with van der Waals surface area (Å²) in [6.45, 7) is 25.7. The van der Waals surface area contributed by atoms with Crippen molar-refractivity contribution in [2.45, 2.75) is 103 Å². The molecule has 1 N–H and O–H groups in total. The number of aliphatic carboxylic acids is 1. The molecule has 2 unspecified atom stereocenters. The molecule has 0 rings (SSSR count). The molecule has 0 bridgehead atoms. The highest BCUT2D eigenvalue weighted by atomic mass is 28.4. The fraction of sp³-hybridized carbons (Fsp3) is 0.842. The molecule has 0 amide bonds. The Kier molecular flexibility index (Phi) is 8.35. The number of hydrogen-bond acceptors (Lipinski definition) is 3. The summed E-state index contributed by atoms with van der Waals surface area (Å²) in [5, 5.41) is 9.44. The topological polar surface area (TPSA) is 55.8 Å². The predicted octanol–water partition coefficient (Wildman–Crippen LogP) is 5.82. The summed E-state index contributed by atoms with van der Waals surface area (Å²) < 4.78 is 12.8. The largest absolute Gasteiger partial charge is 0.481 e. The molecule has 0 spiro atoms. The number of rotatable bonds is 9. The van der Waals surface area contributed by atoms with Crippen molar-refractivity contribution in [1.29, 1.82) is 0 Å². The molecular weight excluding hydrogens is 348 g/mol. The van der Waals surface area contributed by atoms with Gasteiger partial charge in [0.2, 0.25) is 0 Å². The van der Waals surface area contributed by atoms with Crippen LogP contribution in [0.1, 0.15) is 54.4 Å². The molecule has 0 heterocycles. The first-order valence-electron chi connectivity index (χ1n) is 9.13. The van der Waals surface area contributed by atoms with E-state index in [0.29, 0.717) is 6.42 Å². The van der Waals surface area contributed by atoms with Crippen LogP contribution in [0.25, 0.3) is 0 Å². The molecular formula is C19H40O4Si2. The van der Waals surface area contributed by atoms with Crippen molar-refractivity contribution in [2.24, 2.45) is 0 Å². The fourth-order valence-corrected chi connectivity index (χ4v) is 4.64. The number of carboxylic acids is 1. The minimum atomic E-state index is -2.05. The van der Waals surface area contributed by atoms with Crippen LogP contribution in [0.3, 0.4) is 0 Å². The Hall–Kier alpha value is -0.436. The van der Waals surface area contributed by atoms with Crippen LogP contribution in [-0.2, 0) is 13.6 Å². The fourth-order valence-electron chi connectivity index (χ4n) is 1.97. The van der Waals surface area contributed by atoms with E-state index < -0.39 is 22.6 Å². The van der Waals surface area contributed by atoms with Crippen LogP contribution in [0.4, 0.5) is 0 Å². The van der Waals surface area contributed by atoms with E-state index in [4.69, 9.17) is 8.85 Å². The lowest BCUT2D eigenvalue weighted by Crippen LogP contribution is -2.47. The Morgan fingerprint density at radius 3 is 1.72 bits per heavy atom. The molecule has 148 valence electrons. The average molecular weight is 389 g/mol. The minimum absolute atomic E-state index is 0.00227. The number of hydrogen-bond donors (Lipinski definition) is 1. The lowest BCUT2D eigenvalue weighted by molar-refractivity contribution is -0.139. The van der Waals surface area contributed by atoms with Crippen molar-refractivity contribution < 1.29 is 18.8 Å². The molecule has 0 radical (unpaired) electrons. The Balaban J connectivity index is 5.29. The Bertz CT molecular complexity index is 459. The van der Waals surface area contributed by atoms with Crippen LogP contribution in [-0.4, -0.2) is 39.9 Å². The maximum absolute atomic E-state index is 11.3. The first kappa shape index (κ1) is 24.6. The minimum Gasteiger partial charge on any atom is -0.481 e. The normalized spacial score (nSPS) is 16.4. The van der Waals surface area contributed by atoms with Gasteiger partial charge in [-0.05, 0) is 36.3 Å². The van der Waals surface area contributed by atoms with E-state index in [-0.39, 0.29) is 28.7 Å². The monoisotopic (exact) mass is 388 g/mol. The van der Waals surface area contributed by atoms with E-state index in [9.17, 15) is 9.90 Å². The van der Waals surface area contributed by atoms with Crippen molar-refractivity contribution in [3.63, 3.8) is 0 Å². The maximum Gasteiger partial charge on any atom is 0.305 e. The first-order chi connectivity index (χ1) is 10.9. The van der Waals surface area contributed by atoms with Crippen molar-refractivity contribution in [2.75, 3.05) is 0 Å². The van der Waals surface area contributed by atoms with Gasteiger partial charge < -0.3 is 14.0 Å². The third-order valence-electron chi connectivity index (χ3n) is 5.68. The highest BCUT2D eigenvalue weighted by Gasteiger charge is 2.42. The van der Waals surface area contributed by atoms with Gasteiger partial charge in [0.05, 0.1) is 18.6 Å². The summed E-state index contributed by atoms with van der Waals surface area (Å²) in [5.74, 6) is -0.834. The van der Waals surface area contributed by atoms with Crippen molar-refractivity contribution >= 4 is 22.6 Å². The molecule has 0 saturated carbocycles. The van der Waals surface area contributed by atoms with Crippen LogP contribution >= 0.6 is 0 Å². The molecule has 0 aliphatic heterocycles. The molecule has 2 atom stereocenters. The second kappa shape index (κ2) is 8.50. The molecule has 0 fully saturated rings. The molecule has 4 nitrogen and oxygen atoms in total. The van der Waals surface area contributed by atoms with Gasteiger partial charge in [-0.25, -0.2) is 0 Å². The van der Waals surface area contributed by atoms with Gasteiger partial charge in [0.15, 0.2) is 16.6 Å². The lowest BCUT2D eigenvalue weighted by atomic mass is 10.1. The zero-order chi connectivity index (χ0) is 20.3. The molecule has 0 aromatic carbocycles. The van der Waals surface area contributed by atoms with E-state index in [1.165, 1.54) is 0 Å². The molecule has 0 aliphatic rings. The van der Waals surface area contributed by atoms with E-state index in [1.54, 1.807) is 6.08 Å². The molecule has 0 aromatic rings. The van der Waals surface area contributed by atoms with Crippen LogP contribution in [0, 0.1) is 0 Å². The van der Waals surface area contributed by atoms with Crippen LogP contribution in [0.15, 0.2) is 12.7 Å². The van der Waals surface area contributed by atoms with Crippen LogP contribution in [0.2, 0.25) is 36.3 Å². The number of carboxylic acid groups (broad SMARTS) is 1. The molecule has 0 aromatic heterocycles. The Labute approximate surface area is 157 Å². The first-order valence-corrected chi connectivity index (χ1v) is 14.9. The molecule has 0 saturated heterocycles. The summed E-state index contributed by atoms with van der Waals surface area (Å²) in [7, 11) is -4.01. The van der Waals surface area contributed by atoms with Gasteiger partial charge in [0, 0.05) is 6.42 Å². The molecule has 25 heavy (non-hydrogen) atoms. The smallest absolute Gasteiger partial charge is 0.305 e. The average Bonchev–Trinajstić information content (AvgIpc) is 2.33. The molecule has 6 heteroatoms. The van der Waals surface area contributed by atoms with Crippen LogP contribution < -0.4 is 0 Å². The van der Waals surface area contributed by atoms with Gasteiger partial charge in [-0.2, -0.15) is 0 Å². The summed E-state index contributed by atoms with van der Waals surface area (Å²) >= 11 is 0. The second-order valence-corrected chi connectivity index (χ2v) is 19.5. The van der Waals surface area contributed by atoms with E-state index >= 15 is 0 Å². The zero-order valence-corrected chi connectivity index (χ0v) is 20.0. The highest BCUT2D eigenvalue weighted by molar-refractivity contribution is 6.74. The van der Waals surface area contributed by atoms with Crippen LogP contribution in [0.5, 0.6) is 0 Å². The predicted molar refractivity (Wildman–Crippen MR) is 111 cm³/mol. The van der Waals surface area contributed by atoms with Gasteiger partial charge >= 0.3 is 5.97 Å². The third-order valence-corrected chi connectivity index (χ3v) is 14.7. The van der Waals surface area contributed by atoms with Crippen molar-refractivity contribution in [1.82, 2.24) is 0 Å². The molecule has 0 aliphatic carbocycles. The third kappa shape index (κ3) is 7.77. The summed E-state index contributed by atoms with van der Waals surface area (Å²) in [6.07, 6.45) is 1.79. The van der Waals surface area contributed by atoms with E-state index in [1.807, 2.05) is 0 Å². The standard InChI is InChI=1S/C19H40O4Si2/c1-12-15(22-24(8,9)18(2,3)4)13-16(14-17(20)21)23-25(10,11)19(5,6)7/h12,15-16H,1,13-14H2,2-11H3,(H,20,21). The SMILES string of the molecule is C=CC(CC(CC(=O)O)O[Si](C)(C)C(C)(C)C)O[Si](C)(C)C(C)(C)C. The quantitative estimate of drug-likeness (QED) is 0.399. The van der Waals surface area contributed by atoms with Crippen molar-refractivity contribution in [3.05, 3.63) is 12.7 Å². The lowest BCUT2D eigenvalue weighted by Gasteiger charge is -2.41. The maximum atomic E-state index is 11.3. The van der Waals surface area contributed by atoms with E-state index in [2.05, 4.69) is 74.3 Å². The summed E-state index contributed by atoms with van der Waals surface area (Å²) in [4.78, 5) is 11.3. The van der Waals surface area contributed by atoms with Gasteiger partial charge in [-0.3, -0.25) is 4.79 Å². The number of carbonyl (C=O) groups is 1. The highest BCUT2D eigenvalue weighted by Crippen LogP contribution is 2.40. The van der Waals surface area contributed by atoms with Gasteiger partial charge in [0.25, 0.3) is 0 Å². The van der Waals surface area contributed by atoms with Gasteiger partial charge in [-0.1, -0.05) is 47.6 Å². The Morgan fingerprint density at radius 1 is 1.00 bits per heavy atom. The van der Waals surface area contributed by atoms with Gasteiger partial charge in [0.1, 0.15) is 0 Å². The second-order valence-electron chi connectivity index (χ2n) is 9.99. The Morgan fingerprint density at radius 2 is 1.40 bits per heavy atom. The van der Waals surface area contributed by atoms with E-state index in [0.717, 1.165) is 0 Å². The van der Waals surface area contributed by atoms with Crippen molar-refractivity contribution in [3.8, 4) is 0 Å².